The largest absolute Gasteiger partial charge is 0.462 e. The molecule has 0 radical (unpaired) electrons. The zero-order valence-corrected chi connectivity index (χ0v) is 15.9. The molecule has 6 nitrogen and oxygen atoms in total. The summed E-state index contributed by atoms with van der Waals surface area (Å²) in [6.07, 6.45) is 1.92. The van der Waals surface area contributed by atoms with Crippen molar-refractivity contribution in [1.29, 1.82) is 0 Å². The van der Waals surface area contributed by atoms with E-state index in [0.717, 1.165) is 5.56 Å². The molecule has 0 aliphatic carbocycles. The molecule has 0 fully saturated rings. The number of carbonyl (C=O) groups is 3. The maximum atomic E-state index is 12.6. The number of rotatable bonds is 7. The van der Waals surface area contributed by atoms with Gasteiger partial charge in [0.1, 0.15) is 0 Å². The minimum Gasteiger partial charge on any atom is -0.462 e. The number of esters is 2. The number of ketones is 1. The highest BCUT2D eigenvalue weighted by atomic mass is 32.1. The molecule has 2 aromatic rings. The molecule has 0 aromatic carbocycles. The van der Waals surface area contributed by atoms with Gasteiger partial charge in [-0.15, -0.1) is 0 Å². The first kappa shape index (κ1) is 19.7. The van der Waals surface area contributed by atoms with Crippen LogP contribution in [-0.2, 0) is 14.3 Å². The lowest BCUT2D eigenvalue weighted by molar-refractivity contribution is -0.140. The number of carbonyl (C=O) groups excluding carboxylic acids is 3. The van der Waals surface area contributed by atoms with Crippen molar-refractivity contribution < 1.29 is 23.9 Å². The summed E-state index contributed by atoms with van der Waals surface area (Å²) in [5.74, 6) is -1.50. The highest BCUT2D eigenvalue weighted by molar-refractivity contribution is 7.08. The van der Waals surface area contributed by atoms with E-state index in [-0.39, 0.29) is 12.3 Å². The second kappa shape index (κ2) is 8.62. The summed E-state index contributed by atoms with van der Waals surface area (Å²) >= 11 is 1.52. The first-order valence-electron chi connectivity index (χ1n) is 8.16. The third-order valence-electron chi connectivity index (χ3n) is 3.78. The molecule has 0 saturated carbocycles. The zero-order chi connectivity index (χ0) is 19.3. The van der Waals surface area contributed by atoms with Crippen LogP contribution < -0.4 is 0 Å². The summed E-state index contributed by atoms with van der Waals surface area (Å²) in [6, 6.07) is 1.87. The lowest BCUT2D eigenvalue weighted by Crippen LogP contribution is -2.24. The van der Waals surface area contributed by atoms with Crippen molar-refractivity contribution in [3.8, 4) is 0 Å². The maximum Gasteiger partial charge on any atom is 0.340 e. The Hall–Kier alpha value is -2.67. The van der Waals surface area contributed by atoms with E-state index in [1.54, 1.807) is 26.8 Å². The lowest BCUT2D eigenvalue weighted by atomic mass is 10.1. The van der Waals surface area contributed by atoms with Gasteiger partial charge in [-0.1, -0.05) is 0 Å². The molecule has 0 saturated heterocycles. The van der Waals surface area contributed by atoms with Gasteiger partial charge >= 0.3 is 11.9 Å². The van der Waals surface area contributed by atoms with Crippen LogP contribution in [0.25, 0.3) is 6.08 Å². The fourth-order valence-corrected chi connectivity index (χ4v) is 3.14. The molecule has 26 heavy (non-hydrogen) atoms. The molecule has 1 N–H and O–H groups in total. The summed E-state index contributed by atoms with van der Waals surface area (Å²) in [4.78, 5) is 39.4. The topological polar surface area (TPSA) is 85.5 Å². The Kier molecular flexibility index (Phi) is 6.52. The van der Waals surface area contributed by atoms with Crippen LogP contribution in [0.15, 0.2) is 22.9 Å². The van der Waals surface area contributed by atoms with E-state index in [2.05, 4.69) is 4.98 Å². The summed E-state index contributed by atoms with van der Waals surface area (Å²) in [5.41, 5.74) is 2.50. The van der Waals surface area contributed by atoms with Crippen LogP contribution in [0.3, 0.4) is 0 Å². The summed E-state index contributed by atoms with van der Waals surface area (Å²) in [6.45, 7) is 6.81. The maximum absolute atomic E-state index is 12.6. The lowest BCUT2D eigenvalue weighted by Gasteiger charge is -2.10. The van der Waals surface area contributed by atoms with Crippen LogP contribution in [0.1, 0.15) is 51.5 Å². The molecule has 0 unspecified atom stereocenters. The Morgan fingerprint density at radius 1 is 1.31 bits per heavy atom. The molecule has 2 heterocycles. The van der Waals surface area contributed by atoms with Crippen LogP contribution in [0.2, 0.25) is 0 Å². The Morgan fingerprint density at radius 3 is 2.65 bits per heavy atom. The third kappa shape index (κ3) is 4.49. The predicted octanol–water partition coefficient (Wildman–Crippen LogP) is 3.70. The molecule has 0 aliphatic heterocycles. The number of H-pyrrole nitrogens is 1. The monoisotopic (exact) mass is 375 g/mol. The van der Waals surface area contributed by atoms with E-state index in [9.17, 15) is 14.4 Å². The zero-order valence-electron chi connectivity index (χ0n) is 15.1. The van der Waals surface area contributed by atoms with Crippen molar-refractivity contribution in [3.05, 3.63) is 51.0 Å². The van der Waals surface area contributed by atoms with Crippen LogP contribution in [0.5, 0.6) is 0 Å². The predicted molar refractivity (Wildman–Crippen MR) is 99.5 cm³/mol. The van der Waals surface area contributed by atoms with Gasteiger partial charge < -0.3 is 14.5 Å². The molecule has 0 amide bonds. The van der Waals surface area contributed by atoms with Gasteiger partial charge in [-0.05, 0) is 61.7 Å². The van der Waals surface area contributed by atoms with E-state index in [1.165, 1.54) is 24.3 Å². The molecular weight excluding hydrogens is 354 g/mol. The van der Waals surface area contributed by atoms with E-state index in [1.807, 2.05) is 16.8 Å². The molecule has 7 heteroatoms. The van der Waals surface area contributed by atoms with E-state index in [4.69, 9.17) is 9.47 Å². The first-order valence-corrected chi connectivity index (χ1v) is 9.10. The van der Waals surface area contributed by atoms with Crippen molar-refractivity contribution in [2.75, 3.05) is 6.61 Å². The number of aryl methyl sites for hydroxylation is 1. The SMILES string of the molecule is CCOC(=O)c1c(C)[nH]c(C(=O)[C@H](C)OC(=O)/C=C/c2ccsc2)c1C. The minimum atomic E-state index is -0.985. The molecule has 2 rings (SSSR count). The quantitative estimate of drug-likeness (QED) is 0.453. The van der Waals surface area contributed by atoms with Gasteiger partial charge in [-0.2, -0.15) is 11.3 Å². The fourth-order valence-electron chi connectivity index (χ4n) is 2.51. The van der Waals surface area contributed by atoms with Gasteiger partial charge in [0, 0.05) is 11.8 Å². The fraction of sp³-hybridized carbons (Fsp3) is 0.316. The van der Waals surface area contributed by atoms with Crippen LogP contribution in [-0.4, -0.2) is 35.4 Å². The minimum absolute atomic E-state index is 0.243. The van der Waals surface area contributed by atoms with Crippen molar-refractivity contribution in [3.63, 3.8) is 0 Å². The van der Waals surface area contributed by atoms with Crippen LogP contribution in [0, 0.1) is 13.8 Å². The molecular formula is C19H21NO5S. The highest BCUT2D eigenvalue weighted by Gasteiger charge is 2.27. The number of aromatic nitrogens is 1. The summed E-state index contributed by atoms with van der Waals surface area (Å²) in [7, 11) is 0. The van der Waals surface area contributed by atoms with Gasteiger partial charge in [0.15, 0.2) is 6.10 Å². The van der Waals surface area contributed by atoms with E-state index < -0.39 is 23.8 Å². The molecule has 138 valence electrons. The second-order valence-corrected chi connectivity index (χ2v) is 6.46. The number of aromatic amines is 1. The molecule has 0 spiro atoms. The Labute approximate surface area is 155 Å². The van der Waals surface area contributed by atoms with E-state index >= 15 is 0 Å². The Morgan fingerprint density at radius 2 is 2.04 bits per heavy atom. The molecule has 1 atom stereocenters. The van der Waals surface area contributed by atoms with Gasteiger partial charge in [0.2, 0.25) is 5.78 Å². The van der Waals surface area contributed by atoms with Crippen molar-refractivity contribution in [1.82, 2.24) is 4.98 Å². The average Bonchev–Trinajstić information content (AvgIpc) is 3.20. The van der Waals surface area contributed by atoms with Crippen LogP contribution >= 0.6 is 11.3 Å². The Balaban J connectivity index is 2.09. The van der Waals surface area contributed by atoms with Gasteiger partial charge in [-0.25, -0.2) is 9.59 Å². The first-order chi connectivity index (χ1) is 12.3. The number of hydrogen-bond acceptors (Lipinski definition) is 6. The number of hydrogen-bond donors (Lipinski definition) is 1. The van der Waals surface area contributed by atoms with Gasteiger partial charge in [0.05, 0.1) is 17.9 Å². The summed E-state index contributed by atoms with van der Waals surface area (Å²) in [5, 5.41) is 3.79. The molecule has 0 bridgehead atoms. The average molecular weight is 375 g/mol. The normalized spacial score (nSPS) is 12.2. The number of ether oxygens (including phenoxy) is 2. The van der Waals surface area contributed by atoms with Crippen molar-refractivity contribution >= 4 is 35.1 Å². The smallest absolute Gasteiger partial charge is 0.340 e. The number of thiophene rings is 1. The number of nitrogens with one attached hydrogen (secondary N) is 1. The van der Waals surface area contributed by atoms with Gasteiger partial charge in [0.25, 0.3) is 0 Å². The Bertz CT molecular complexity index is 832. The molecule has 0 aliphatic rings. The standard InChI is InChI=1S/C19H21NO5S/c1-5-24-19(23)16-11(2)17(20-12(16)3)18(22)13(4)25-15(21)7-6-14-8-9-26-10-14/h6-10,13,20H,5H2,1-4H3/b7-6+/t13-/m0/s1. The van der Waals surface area contributed by atoms with E-state index in [0.29, 0.717) is 16.8 Å². The number of Topliss-reactive ketones (excluding diaryl/α,β-unsaturated/α-hetero) is 1. The highest BCUT2D eigenvalue weighted by Crippen LogP contribution is 2.21. The summed E-state index contributed by atoms with van der Waals surface area (Å²) < 4.78 is 10.2. The second-order valence-electron chi connectivity index (χ2n) is 5.68. The van der Waals surface area contributed by atoms with Crippen LogP contribution in [0.4, 0.5) is 0 Å². The van der Waals surface area contributed by atoms with Gasteiger partial charge in [-0.3, -0.25) is 4.79 Å². The third-order valence-corrected chi connectivity index (χ3v) is 4.48. The molecule has 2 aromatic heterocycles. The van der Waals surface area contributed by atoms with Crippen molar-refractivity contribution in [2.45, 2.75) is 33.8 Å². The van der Waals surface area contributed by atoms with Crippen molar-refractivity contribution in [2.24, 2.45) is 0 Å².